The lowest BCUT2D eigenvalue weighted by Crippen LogP contribution is -2.44. The minimum atomic E-state index is -0.205. The smallest absolute Gasteiger partial charge is 0.125 e. The third kappa shape index (κ3) is 3.09. The maximum Gasteiger partial charge on any atom is 0.125 e. The summed E-state index contributed by atoms with van der Waals surface area (Å²) in [6.07, 6.45) is 3.14. The molecule has 19 heavy (non-hydrogen) atoms. The summed E-state index contributed by atoms with van der Waals surface area (Å²) in [5.41, 5.74) is 0.896. The Balaban J connectivity index is 1.70. The van der Waals surface area contributed by atoms with Crippen molar-refractivity contribution in [2.75, 3.05) is 23.4 Å². The molecule has 3 rings (SSSR count). The Hall–Kier alpha value is -0.260. The highest BCUT2D eigenvalue weighted by molar-refractivity contribution is 9.10. The van der Waals surface area contributed by atoms with Crippen LogP contribution in [0, 0.1) is 5.82 Å². The molecule has 2 aliphatic heterocycles. The third-order valence-corrected chi connectivity index (χ3v) is 5.76. The summed E-state index contributed by atoms with van der Waals surface area (Å²) >= 11 is 5.44. The lowest BCUT2D eigenvalue weighted by Gasteiger charge is -2.38. The van der Waals surface area contributed by atoms with Crippen LogP contribution in [0.4, 0.5) is 10.1 Å². The monoisotopic (exact) mass is 345 g/mol. The number of halogens is 2. The number of anilines is 1. The summed E-state index contributed by atoms with van der Waals surface area (Å²) in [7, 11) is 0. The number of hydrogen-bond acceptors (Lipinski definition) is 3. The molecule has 104 valence electrons. The van der Waals surface area contributed by atoms with Crippen LogP contribution in [0.1, 0.15) is 19.3 Å². The van der Waals surface area contributed by atoms with E-state index in [1.54, 1.807) is 12.1 Å². The van der Waals surface area contributed by atoms with E-state index in [1.807, 2.05) is 11.8 Å². The van der Waals surface area contributed by atoms with Crippen LogP contribution in [0.25, 0.3) is 0 Å². The highest BCUT2D eigenvalue weighted by Gasteiger charge is 2.40. The summed E-state index contributed by atoms with van der Waals surface area (Å²) in [6.45, 7) is 0.797. The average molecular weight is 346 g/mol. The maximum absolute atomic E-state index is 13.3. The van der Waals surface area contributed by atoms with Crippen molar-refractivity contribution >= 4 is 33.4 Å². The molecule has 1 aromatic rings. The van der Waals surface area contributed by atoms with Gasteiger partial charge in [-0.05, 0) is 59.1 Å². The van der Waals surface area contributed by atoms with Crippen LogP contribution in [-0.4, -0.2) is 29.8 Å². The molecule has 2 aliphatic rings. The Kier molecular flexibility index (Phi) is 4.06. The predicted molar refractivity (Wildman–Crippen MR) is 81.4 cm³/mol. The zero-order valence-corrected chi connectivity index (χ0v) is 13.0. The van der Waals surface area contributed by atoms with Crippen molar-refractivity contribution in [2.45, 2.75) is 30.9 Å². The van der Waals surface area contributed by atoms with Crippen molar-refractivity contribution in [1.29, 1.82) is 0 Å². The van der Waals surface area contributed by atoms with Crippen molar-refractivity contribution in [3.63, 3.8) is 0 Å². The van der Waals surface area contributed by atoms with Gasteiger partial charge in [-0.1, -0.05) is 0 Å². The summed E-state index contributed by atoms with van der Waals surface area (Å²) in [5, 5.41) is 3.46. The molecule has 1 spiro atoms. The zero-order chi connectivity index (χ0) is 13.3. The Morgan fingerprint density at radius 2 is 2.37 bits per heavy atom. The Morgan fingerprint density at radius 1 is 1.47 bits per heavy atom. The second-order valence-electron chi connectivity index (χ2n) is 5.29. The first kappa shape index (κ1) is 13.7. The van der Waals surface area contributed by atoms with Crippen molar-refractivity contribution in [2.24, 2.45) is 0 Å². The van der Waals surface area contributed by atoms with Crippen LogP contribution in [0.2, 0.25) is 0 Å². The fourth-order valence-electron chi connectivity index (χ4n) is 2.84. The number of nitrogens with one attached hydrogen (secondary N) is 1. The standard InChI is InChI=1S/C14H17BrFNOS/c15-12-2-1-10(16)7-13(12)17-11-3-5-18-14(8-11)4-6-19-9-14/h1-2,7,11,17H,3-6,8-9H2. The average Bonchev–Trinajstić information content (AvgIpc) is 2.82. The lowest BCUT2D eigenvalue weighted by atomic mass is 9.90. The van der Waals surface area contributed by atoms with E-state index in [-0.39, 0.29) is 11.4 Å². The minimum Gasteiger partial charge on any atom is -0.381 e. The van der Waals surface area contributed by atoms with Crippen molar-refractivity contribution in [3.05, 3.63) is 28.5 Å². The van der Waals surface area contributed by atoms with Gasteiger partial charge in [-0.2, -0.15) is 11.8 Å². The van der Waals surface area contributed by atoms with E-state index in [9.17, 15) is 4.39 Å². The Morgan fingerprint density at radius 3 is 3.16 bits per heavy atom. The first-order chi connectivity index (χ1) is 9.17. The van der Waals surface area contributed by atoms with Gasteiger partial charge in [0.1, 0.15) is 5.82 Å². The van der Waals surface area contributed by atoms with E-state index in [4.69, 9.17) is 4.74 Å². The topological polar surface area (TPSA) is 21.3 Å². The van der Waals surface area contributed by atoms with Crippen molar-refractivity contribution in [1.82, 2.24) is 0 Å². The number of benzene rings is 1. The van der Waals surface area contributed by atoms with Gasteiger partial charge in [0, 0.05) is 22.9 Å². The van der Waals surface area contributed by atoms with Crippen LogP contribution in [0.5, 0.6) is 0 Å². The molecule has 0 aromatic heterocycles. The number of hydrogen-bond donors (Lipinski definition) is 1. The first-order valence-electron chi connectivity index (χ1n) is 6.60. The third-order valence-electron chi connectivity index (χ3n) is 3.85. The Labute approximate surface area is 125 Å². The van der Waals surface area contributed by atoms with Gasteiger partial charge in [-0.3, -0.25) is 0 Å². The normalized spacial score (nSPS) is 30.7. The molecule has 0 bridgehead atoms. The van der Waals surface area contributed by atoms with Gasteiger partial charge in [0.2, 0.25) is 0 Å². The number of ether oxygens (including phenoxy) is 1. The molecule has 0 aliphatic carbocycles. The van der Waals surface area contributed by atoms with Gasteiger partial charge in [-0.25, -0.2) is 4.39 Å². The van der Waals surface area contributed by atoms with Gasteiger partial charge >= 0.3 is 0 Å². The number of thioether (sulfide) groups is 1. The molecule has 2 fully saturated rings. The van der Waals surface area contributed by atoms with Crippen molar-refractivity contribution in [3.8, 4) is 0 Å². The quantitative estimate of drug-likeness (QED) is 0.873. The zero-order valence-electron chi connectivity index (χ0n) is 10.6. The minimum absolute atomic E-state index is 0.0559. The first-order valence-corrected chi connectivity index (χ1v) is 8.55. The van der Waals surface area contributed by atoms with Crippen LogP contribution < -0.4 is 5.32 Å². The van der Waals surface area contributed by atoms with Crippen LogP contribution in [-0.2, 0) is 4.74 Å². The van der Waals surface area contributed by atoms with Crippen molar-refractivity contribution < 1.29 is 9.13 Å². The lowest BCUT2D eigenvalue weighted by molar-refractivity contribution is -0.0628. The molecular weight excluding hydrogens is 329 g/mol. The SMILES string of the molecule is Fc1ccc(Br)c(NC2CCOC3(CCSC3)C2)c1. The molecular formula is C14H17BrFNOS. The van der Waals surface area contributed by atoms with Crippen LogP contribution in [0.3, 0.4) is 0 Å². The van der Waals surface area contributed by atoms with E-state index in [2.05, 4.69) is 21.2 Å². The Bertz CT molecular complexity index is 465. The summed E-state index contributed by atoms with van der Waals surface area (Å²) in [6, 6.07) is 5.13. The fraction of sp³-hybridized carbons (Fsp3) is 0.571. The van der Waals surface area contributed by atoms with E-state index in [1.165, 1.54) is 11.8 Å². The molecule has 2 nitrogen and oxygen atoms in total. The molecule has 1 N–H and O–H groups in total. The van der Waals surface area contributed by atoms with E-state index in [0.29, 0.717) is 6.04 Å². The van der Waals surface area contributed by atoms with E-state index >= 15 is 0 Å². The maximum atomic E-state index is 13.3. The van der Waals surface area contributed by atoms with E-state index in [0.717, 1.165) is 41.8 Å². The largest absolute Gasteiger partial charge is 0.381 e. The molecule has 2 heterocycles. The van der Waals surface area contributed by atoms with Gasteiger partial charge in [0.15, 0.2) is 0 Å². The second-order valence-corrected chi connectivity index (χ2v) is 7.25. The predicted octanol–water partition coefficient (Wildman–Crippen LogP) is 4.05. The van der Waals surface area contributed by atoms with Gasteiger partial charge < -0.3 is 10.1 Å². The number of rotatable bonds is 2. The highest BCUT2D eigenvalue weighted by atomic mass is 79.9. The second kappa shape index (κ2) is 5.62. The fourth-order valence-corrected chi connectivity index (χ4v) is 4.58. The molecule has 5 heteroatoms. The van der Waals surface area contributed by atoms with Crippen LogP contribution >= 0.6 is 27.7 Å². The molecule has 1 aromatic carbocycles. The highest BCUT2D eigenvalue weighted by Crippen LogP contribution is 2.39. The van der Waals surface area contributed by atoms with Gasteiger partial charge in [-0.15, -0.1) is 0 Å². The summed E-state index contributed by atoms with van der Waals surface area (Å²) in [4.78, 5) is 0. The molecule has 0 radical (unpaired) electrons. The molecule has 2 atom stereocenters. The van der Waals surface area contributed by atoms with E-state index < -0.39 is 0 Å². The molecule has 2 saturated heterocycles. The summed E-state index contributed by atoms with van der Waals surface area (Å²) < 4.78 is 20.2. The molecule has 2 unspecified atom stereocenters. The van der Waals surface area contributed by atoms with Gasteiger partial charge in [0.05, 0.1) is 11.3 Å². The van der Waals surface area contributed by atoms with Crippen LogP contribution in [0.15, 0.2) is 22.7 Å². The summed E-state index contributed by atoms with van der Waals surface area (Å²) in [5.74, 6) is 2.08. The molecule has 0 saturated carbocycles. The molecule has 0 amide bonds. The van der Waals surface area contributed by atoms with Gasteiger partial charge in [0.25, 0.3) is 0 Å².